The molecule has 3 aromatic rings. The Labute approximate surface area is 114 Å². The lowest BCUT2D eigenvalue weighted by molar-refractivity contribution is 0.102. The standard InChI is InChI=1S/C15H10FN3O/c16-14-8-6-11(9-17-14)18-15(20)13-7-5-10-3-1-2-4-12(10)19-13/h1-9H,(H,18,20). The number of benzene rings is 1. The molecule has 0 atom stereocenters. The van der Waals surface area contributed by atoms with Gasteiger partial charge >= 0.3 is 0 Å². The Hall–Kier alpha value is -2.82. The molecule has 0 aliphatic rings. The van der Waals surface area contributed by atoms with Crippen molar-refractivity contribution in [3.05, 3.63) is 66.4 Å². The Kier molecular flexibility index (Phi) is 3.09. The number of nitrogens with zero attached hydrogens (tertiary/aromatic N) is 2. The predicted octanol–water partition coefficient (Wildman–Crippen LogP) is 3.02. The van der Waals surface area contributed by atoms with Crippen molar-refractivity contribution < 1.29 is 9.18 Å². The molecule has 2 aromatic heterocycles. The molecule has 4 nitrogen and oxygen atoms in total. The highest BCUT2D eigenvalue weighted by Crippen LogP contribution is 2.13. The molecule has 98 valence electrons. The summed E-state index contributed by atoms with van der Waals surface area (Å²) in [5.74, 6) is -0.948. The summed E-state index contributed by atoms with van der Waals surface area (Å²) >= 11 is 0. The van der Waals surface area contributed by atoms with Gasteiger partial charge < -0.3 is 5.32 Å². The Morgan fingerprint density at radius 3 is 2.70 bits per heavy atom. The monoisotopic (exact) mass is 267 g/mol. The van der Waals surface area contributed by atoms with Gasteiger partial charge in [-0.2, -0.15) is 4.39 Å². The lowest BCUT2D eigenvalue weighted by Gasteiger charge is -2.05. The van der Waals surface area contributed by atoms with E-state index in [1.807, 2.05) is 30.3 Å². The number of anilines is 1. The maximum atomic E-state index is 12.7. The lowest BCUT2D eigenvalue weighted by Crippen LogP contribution is -2.13. The molecule has 2 heterocycles. The van der Waals surface area contributed by atoms with E-state index in [1.54, 1.807) is 6.07 Å². The number of halogens is 1. The zero-order chi connectivity index (χ0) is 13.9. The topological polar surface area (TPSA) is 54.9 Å². The molecule has 1 amide bonds. The number of nitrogens with one attached hydrogen (secondary N) is 1. The predicted molar refractivity (Wildman–Crippen MR) is 73.9 cm³/mol. The number of aromatic nitrogens is 2. The molecule has 3 rings (SSSR count). The fourth-order valence-electron chi connectivity index (χ4n) is 1.84. The van der Waals surface area contributed by atoms with Crippen LogP contribution in [0.5, 0.6) is 0 Å². The SMILES string of the molecule is O=C(Nc1ccc(F)nc1)c1ccc2ccccc2n1. The molecule has 0 saturated carbocycles. The average molecular weight is 267 g/mol. The fraction of sp³-hybridized carbons (Fsp3) is 0. The summed E-state index contributed by atoms with van der Waals surface area (Å²) in [5, 5.41) is 3.58. The van der Waals surface area contributed by atoms with Crippen LogP contribution in [0.2, 0.25) is 0 Å². The van der Waals surface area contributed by atoms with Gasteiger partial charge in [-0.15, -0.1) is 0 Å². The maximum absolute atomic E-state index is 12.7. The van der Waals surface area contributed by atoms with Gasteiger partial charge in [0.2, 0.25) is 5.95 Å². The Morgan fingerprint density at radius 1 is 1.05 bits per heavy atom. The molecule has 1 N–H and O–H groups in total. The van der Waals surface area contributed by atoms with Crippen molar-refractivity contribution in [2.45, 2.75) is 0 Å². The van der Waals surface area contributed by atoms with Gasteiger partial charge in [0.25, 0.3) is 5.91 Å². The lowest BCUT2D eigenvalue weighted by atomic mass is 10.2. The van der Waals surface area contributed by atoms with E-state index in [0.29, 0.717) is 11.4 Å². The first-order chi connectivity index (χ1) is 9.72. The van der Waals surface area contributed by atoms with Crippen molar-refractivity contribution in [3.8, 4) is 0 Å². The van der Waals surface area contributed by atoms with Crippen LogP contribution in [0.4, 0.5) is 10.1 Å². The van der Waals surface area contributed by atoms with Gasteiger partial charge in [-0.05, 0) is 24.3 Å². The van der Waals surface area contributed by atoms with Crippen molar-refractivity contribution in [3.63, 3.8) is 0 Å². The molecule has 0 unspecified atom stereocenters. The summed E-state index contributed by atoms with van der Waals surface area (Å²) in [5.41, 5.74) is 1.47. The molecule has 0 spiro atoms. The Morgan fingerprint density at radius 2 is 1.90 bits per heavy atom. The summed E-state index contributed by atoms with van der Waals surface area (Å²) in [6, 6.07) is 13.6. The number of fused-ring (bicyclic) bond motifs is 1. The van der Waals surface area contributed by atoms with E-state index in [0.717, 1.165) is 10.9 Å². The van der Waals surface area contributed by atoms with Gasteiger partial charge in [0.15, 0.2) is 0 Å². The van der Waals surface area contributed by atoms with E-state index < -0.39 is 5.95 Å². The van der Waals surface area contributed by atoms with E-state index in [2.05, 4.69) is 15.3 Å². The second kappa shape index (κ2) is 5.05. The molecule has 5 heteroatoms. The highest BCUT2D eigenvalue weighted by molar-refractivity contribution is 6.03. The number of para-hydroxylation sites is 1. The zero-order valence-electron chi connectivity index (χ0n) is 10.4. The van der Waals surface area contributed by atoms with Crippen LogP contribution >= 0.6 is 0 Å². The summed E-state index contributed by atoms with van der Waals surface area (Å²) < 4.78 is 12.7. The van der Waals surface area contributed by atoms with Crippen molar-refractivity contribution in [1.29, 1.82) is 0 Å². The number of hydrogen-bond donors (Lipinski definition) is 1. The van der Waals surface area contributed by atoms with Crippen LogP contribution in [-0.4, -0.2) is 15.9 Å². The molecule has 0 aliphatic carbocycles. The molecule has 1 aromatic carbocycles. The highest BCUT2D eigenvalue weighted by atomic mass is 19.1. The van der Waals surface area contributed by atoms with Crippen molar-refractivity contribution >= 4 is 22.5 Å². The molecule has 20 heavy (non-hydrogen) atoms. The number of carbonyl (C=O) groups is 1. The van der Waals surface area contributed by atoms with Crippen LogP contribution in [0.25, 0.3) is 10.9 Å². The highest BCUT2D eigenvalue weighted by Gasteiger charge is 2.08. The molecule has 0 radical (unpaired) electrons. The van der Waals surface area contributed by atoms with Crippen molar-refractivity contribution in [2.24, 2.45) is 0 Å². The third-order valence-corrected chi connectivity index (χ3v) is 2.82. The van der Waals surface area contributed by atoms with Crippen molar-refractivity contribution in [1.82, 2.24) is 9.97 Å². The van der Waals surface area contributed by atoms with Gasteiger partial charge in [-0.25, -0.2) is 9.97 Å². The molecular weight excluding hydrogens is 257 g/mol. The smallest absolute Gasteiger partial charge is 0.274 e. The first-order valence-electron chi connectivity index (χ1n) is 6.01. The van der Waals surface area contributed by atoms with Crippen molar-refractivity contribution in [2.75, 3.05) is 5.32 Å². The third kappa shape index (κ3) is 2.47. The quantitative estimate of drug-likeness (QED) is 0.726. The minimum atomic E-state index is -0.591. The van der Waals surface area contributed by atoms with E-state index in [9.17, 15) is 9.18 Å². The molecule has 0 fully saturated rings. The number of hydrogen-bond acceptors (Lipinski definition) is 3. The van der Waals surface area contributed by atoms with E-state index in [-0.39, 0.29) is 5.91 Å². The van der Waals surface area contributed by atoms with Crippen LogP contribution in [0.3, 0.4) is 0 Å². The van der Waals surface area contributed by atoms with Crippen LogP contribution in [-0.2, 0) is 0 Å². The van der Waals surface area contributed by atoms with E-state index in [1.165, 1.54) is 18.3 Å². The summed E-state index contributed by atoms with van der Waals surface area (Å²) in [7, 11) is 0. The minimum absolute atomic E-state index is 0.299. The van der Waals surface area contributed by atoms with Gasteiger partial charge in [0.1, 0.15) is 5.69 Å². The zero-order valence-corrected chi connectivity index (χ0v) is 10.4. The summed E-state index contributed by atoms with van der Waals surface area (Å²) in [6.07, 6.45) is 1.26. The summed E-state index contributed by atoms with van der Waals surface area (Å²) in [4.78, 5) is 19.8. The van der Waals surface area contributed by atoms with E-state index in [4.69, 9.17) is 0 Å². The summed E-state index contributed by atoms with van der Waals surface area (Å²) in [6.45, 7) is 0. The number of rotatable bonds is 2. The minimum Gasteiger partial charge on any atom is -0.319 e. The van der Waals surface area contributed by atoms with Crippen LogP contribution in [0, 0.1) is 5.95 Å². The van der Waals surface area contributed by atoms with Gasteiger partial charge in [0, 0.05) is 5.39 Å². The maximum Gasteiger partial charge on any atom is 0.274 e. The number of pyridine rings is 2. The fourth-order valence-corrected chi connectivity index (χ4v) is 1.84. The largest absolute Gasteiger partial charge is 0.319 e. The average Bonchev–Trinajstić information content (AvgIpc) is 2.49. The first-order valence-corrected chi connectivity index (χ1v) is 6.01. The van der Waals surface area contributed by atoms with E-state index >= 15 is 0 Å². The number of carbonyl (C=O) groups excluding carboxylic acids is 1. The second-order valence-corrected chi connectivity index (χ2v) is 4.21. The third-order valence-electron chi connectivity index (χ3n) is 2.82. The first kappa shape index (κ1) is 12.2. The molecule has 0 aliphatic heterocycles. The van der Waals surface area contributed by atoms with Crippen LogP contribution < -0.4 is 5.32 Å². The normalized spacial score (nSPS) is 10.4. The second-order valence-electron chi connectivity index (χ2n) is 4.21. The van der Waals surface area contributed by atoms with Crippen LogP contribution in [0.15, 0.2) is 54.7 Å². The molecular formula is C15H10FN3O. The number of amides is 1. The van der Waals surface area contributed by atoms with Crippen LogP contribution in [0.1, 0.15) is 10.5 Å². The Bertz CT molecular complexity index is 771. The van der Waals surface area contributed by atoms with Gasteiger partial charge in [-0.1, -0.05) is 24.3 Å². The molecule has 0 bridgehead atoms. The Balaban J connectivity index is 1.86. The van der Waals surface area contributed by atoms with Gasteiger partial charge in [0.05, 0.1) is 17.4 Å². The van der Waals surface area contributed by atoms with Gasteiger partial charge in [-0.3, -0.25) is 4.79 Å². The molecule has 0 saturated heterocycles.